The number of unbranched alkanes of at least 4 members (excludes halogenated alkanes) is 1. The van der Waals surface area contributed by atoms with Gasteiger partial charge in [0.2, 0.25) is 0 Å². The molecule has 1 aromatic rings. The maximum Gasteiger partial charge on any atom is 0.157 e. The average molecular weight is 355 g/mol. The number of alkyl halides is 1. The Labute approximate surface area is 137 Å². The first-order valence-electron chi connectivity index (χ1n) is 8.09. The summed E-state index contributed by atoms with van der Waals surface area (Å²) in [6, 6.07) is 10.8. The van der Waals surface area contributed by atoms with Gasteiger partial charge in [-0.1, -0.05) is 59.6 Å². The summed E-state index contributed by atoms with van der Waals surface area (Å²) in [5.74, 6) is 0. The van der Waals surface area contributed by atoms with Crippen LogP contribution in [0.15, 0.2) is 30.3 Å². The molecular formula is C18H27BrO2. The zero-order valence-electron chi connectivity index (χ0n) is 13.0. The van der Waals surface area contributed by atoms with E-state index in [2.05, 4.69) is 53.2 Å². The van der Waals surface area contributed by atoms with Crippen molar-refractivity contribution in [1.82, 2.24) is 0 Å². The molecule has 1 saturated heterocycles. The first-order valence-corrected chi connectivity index (χ1v) is 9.21. The Morgan fingerprint density at radius 3 is 2.71 bits per heavy atom. The van der Waals surface area contributed by atoms with Gasteiger partial charge in [-0.15, -0.1) is 0 Å². The van der Waals surface area contributed by atoms with Crippen molar-refractivity contribution in [1.29, 1.82) is 0 Å². The van der Waals surface area contributed by atoms with E-state index in [4.69, 9.17) is 9.47 Å². The Morgan fingerprint density at radius 2 is 2.05 bits per heavy atom. The maximum absolute atomic E-state index is 6.10. The minimum atomic E-state index is -0.00189. The maximum atomic E-state index is 6.10. The molecular weight excluding hydrogens is 328 g/mol. The molecule has 0 aromatic heterocycles. The topological polar surface area (TPSA) is 18.5 Å². The zero-order chi connectivity index (χ0) is 15.0. The minimum absolute atomic E-state index is 0.00189. The normalized spacial score (nSPS) is 21.9. The van der Waals surface area contributed by atoms with E-state index in [1.165, 1.54) is 31.2 Å². The largest absolute Gasteiger partial charge is 0.353 e. The molecule has 1 aromatic carbocycles. The van der Waals surface area contributed by atoms with Crippen molar-refractivity contribution in [2.45, 2.75) is 57.2 Å². The van der Waals surface area contributed by atoms with E-state index in [0.717, 1.165) is 31.4 Å². The lowest BCUT2D eigenvalue weighted by molar-refractivity contribution is -0.171. The molecule has 0 radical (unpaired) electrons. The van der Waals surface area contributed by atoms with Gasteiger partial charge >= 0.3 is 0 Å². The Bertz CT molecular complexity index is 389. The highest BCUT2D eigenvalue weighted by molar-refractivity contribution is 9.09. The minimum Gasteiger partial charge on any atom is -0.353 e. The fourth-order valence-corrected chi connectivity index (χ4v) is 3.27. The molecule has 1 aliphatic heterocycles. The highest BCUT2D eigenvalue weighted by Gasteiger charge is 2.28. The second-order valence-electron chi connectivity index (χ2n) is 6.18. The molecule has 0 N–H and O–H groups in total. The van der Waals surface area contributed by atoms with Crippen LogP contribution in [0, 0.1) is 0 Å². The van der Waals surface area contributed by atoms with Crippen LogP contribution < -0.4 is 0 Å². The van der Waals surface area contributed by atoms with Gasteiger partial charge in [0.15, 0.2) is 6.29 Å². The SMILES string of the molecule is C[C@](CCCCBr)(CO[C@H]1CCCCO1)c1ccccc1. The molecule has 0 aliphatic carbocycles. The van der Waals surface area contributed by atoms with Crippen molar-refractivity contribution in [3.8, 4) is 0 Å². The molecule has 0 amide bonds. The highest BCUT2D eigenvalue weighted by Crippen LogP contribution is 2.31. The van der Waals surface area contributed by atoms with Crippen molar-refractivity contribution in [2.24, 2.45) is 0 Å². The standard InChI is InChI=1S/C18H27BrO2/c1-18(12-6-7-13-19,16-9-3-2-4-10-16)15-21-17-11-5-8-14-20-17/h2-4,9-10,17H,5-8,11-15H2,1H3/t17-,18-/m0/s1. The van der Waals surface area contributed by atoms with Crippen molar-refractivity contribution in [3.63, 3.8) is 0 Å². The van der Waals surface area contributed by atoms with Crippen LogP contribution in [-0.2, 0) is 14.9 Å². The quantitative estimate of drug-likeness (QED) is 0.480. The Hall–Kier alpha value is -0.380. The van der Waals surface area contributed by atoms with Crippen LogP contribution in [0.2, 0.25) is 0 Å². The van der Waals surface area contributed by atoms with Crippen LogP contribution in [0.1, 0.15) is 51.0 Å². The number of rotatable bonds is 8. The fourth-order valence-electron chi connectivity index (χ4n) is 2.87. The molecule has 1 aliphatic rings. The summed E-state index contributed by atoms with van der Waals surface area (Å²) < 4.78 is 11.8. The molecule has 0 bridgehead atoms. The van der Waals surface area contributed by atoms with E-state index in [9.17, 15) is 0 Å². The van der Waals surface area contributed by atoms with Gasteiger partial charge in [-0.25, -0.2) is 0 Å². The fraction of sp³-hybridized carbons (Fsp3) is 0.667. The van der Waals surface area contributed by atoms with Gasteiger partial charge in [-0.2, -0.15) is 0 Å². The molecule has 0 spiro atoms. The van der Waals surface area contributed by atoms with Gasteiger partial charge < -0.3 is 9.47 Å². The van der Waals surface area contributed by atoms with Crippen LogP contribution in [0.25, 0.3) is 0 Å². The molecule has 3 heteroatoms. The average Bonchev–Trinajstić information content (AvgIpc) is 2.55. The molecule has 1 fully saturated rings. The summed E-state index contributed by atoms with van der Waals surface area (Å²) in [7, 11) is 0. The second-order valence-corrected chi connectivity index (χ2v) is 6.97. The number of halogens is 1. The summed E-state index contributed by atoms with van der Waals surface area (Å²) in [4.78, 5) is 0. The lowest BCUT2D eigenvalue weighted by atomic mass is 9.79. The van der Waals surface area contributed by atoms with Gasteiger partial charge in [-0.05, 0) is 37.7 Å². The molecule has 118 valence electrons. The summed E-state index contributed by atoms with van der Waals surface area (Å²) in [5, 5.41) is 1.07. The van der Waals surface area contributed by atoms with E-state index >= 15 is 0 Å². The van der Waals surface area contributed by atoms with E-state index in [-0.39, 0.29) is 11.7 Å². The molecule has 2 atom stereocenters. The van der Waals surface area contributed by atoms with Crippen LogP contribution in [-0.4, -0.2) is 24.8 Å². The van der Waals surface area contributed by atoms with Crippen molar-refractivity contribution in [2.75, 3.05) is 18.5 Å². The summed E-state index contributed by atoms with van der Waals surface area (Å²) in [6.45, 7) is 3.90. The third kappa shape index (κ3) is 5.39. The lowest BCUT2D eigenvalue weighted by Gasteiger charge is -2.33. The predicted molar refractivity (Wildman–Crippen MR) is 91.0 cm³/mol. The van der Waals surface area contributed by atoms with Gasteiger partial charge in [-0.3, -0.25) is 0 Å². The summed E-state index contributed by atoms with van der Waals surface area (Å²) in [5.41, 5.74) is 1.44. The molecule has 2 rings (SSSR count). The highest BCUT2D eigenvalue weighted by atomic mass is 79.9. The van der Waals surface area contributed by atoms with Crippen molar-refractivity contribution >= 4 is 15.9 Å². The van der Waals surface area contributed by atoms with Gasteiger partial charge in [0.05, 0.1) is 6.61 Å². The molecule has 2 nitrogen and oxygen atoms in total. The molecule has 21 heavy (non-hydrogen) atoms. The Morgan fingerprint density at radius 1 is 1.24 bits per heavy atom. The number of hydrogen-bond acceptors (Lipinski definition) is 2. The summed E-state index contributed by atoms with van der Waals surface area (Å²) in [6.07, 6.45) is 6.99. The molecule has 0 saturated carbocycles. The van der Waals surface area contributed by atoms with Gasteiger partial charge in [0.25, 0.3) is 0 Å². The molecule has 0 unspecified atom stereocenters. The Kier molecular flexibility index (Phi) is 7.21. The van der Waals surface area contributed by atoms with Gasteiger partial charge in [0, 0.05) is 17.4 Å². The predicted octanol–water partition coefficient (Wildman–Crippen LogP) is 5.05. The van der Waals surface area contributed by atoms with Crippen LogP contribution >= 0.6 is 15.9 Å². The smallest absolute Gasteiger partial charge is 0.157 e. The third-order valence-corrected chi connectivity index (χ3v) is 4.87. The van der Waals surface area contributed by atoms with Crippen molar-refractivity contribution in [3.05, 3.63) is 35.9 Å². The van der Waals surface area contributed by atoms with E-state index in [0.29, 0.717) is 0 Å². The zero-order valence-corrected chi connectivity index (χ0v) is 14.6. The number of benzene rings is 1. The molecule has 1 heterocycles. The third-order valence-electron chi connectivity index (χ3n) is 4.31. The van der Waals surface area contributed by atoms with E-state index in [1.807, 2.05) is 0 Å². The number of ether oxygens (including phenoxy) is 2. The van der Waals surface area contributed by atoms with Crippen LogP contribution in [0.3, 0.4) is 0 Å². The lowest BCUT2D eigenvalue weighted by Crippen LogP contribution is -2.33. The van der Waals surface area contributed by atoms with E-state index < -0.39 is 0 Å². The monoisotopic (exact) mass is 354 g/mol. The van der Waals surface area contributed by atoms with E-state index in [1.54, 1.807) is 0 Å². The van der Waals surface area contributed by atoms with Crippen LogP contribution in [0.4, 0.5) is 0 Å². The second kappa shape index (κ2) is 8.92. The first kappa shape index (κ1) is 17.0. The van der Waals surface area contributed by atoms with Crippen LogP contribution in [0.5, 0.6) is 0 Å². The Balaban J connectivity index is 1.97. The first-order chi connectivity index (χ1) is 10.2. The van der Waals surface area contributed by atoms with Crippen molar-refractivity contribution < 1.29 is 9.47 Å². The number of hydrogen-bond donors (Lipinski definition) is 0. The summed E-state index contributed by atoms with van der Waals surface area (Å²) >= 11 is 3.52. The van der Waals surface area contributed by atoms with Gasteiger partial charge in [0.1, 0.15) is 0 Å².